The summed E-state index contributed by atoms with van der Waals surface area (Å²) in [6, 6.07) is 106. The molecule has 14 aromatic carbocycles. The number of oxazole rings is 4. The summed E-state index contributed by atoms with van der Waals surface area (Å²) in [5.74, 6) is 4.88. The van der Waals surface area contributed by atoms with Crippen LogP contribution in [0.5, 0.6) is 5.75 Å². The highest BCUT2D eigenvalue weighted by molar-refractivity contribution is 7.99. The molecule has 17 heteroatoms. The monoisotopic (exact) mass is 1450 g/mol. The second kappa shape index (κ2) is 26.1. The Morgan fingerprint density at radius 2 is 0.752 bits per heavy atom. The van der Waals surface area contributed by atoms with Gasteiger partial charge >= 0.3 is 0 Å². The molecule has 516 valence electrons. The number of anilines is 6. The van der Waals surface area contributed by atoms with Crippen LogP contribution in [-0.4, -0.2) is 42.0 Å². The van der Waals surface area contributed by atoms with Crippen LogP contribution < -0.4 is 14.5 Å². The van der Waals surface area contributed by atoms with E-state index < -0.39 is 0 Å². The summed E-state index contributed by atoms with van der Waals surface area (Å²) in [6.07, 6.45) is 0. The molecule has 0 fully saturated rings. The number of thiophene rings is 1. The topological polar surface area (TPSA) is 172 Å². The molecule has 0 N–H and O–H groups in total. The fourth-order valence-electron chi connectivity index (χ4n) is 14.3. The molecular weight excluding hydrogens is 1390 g/mol. The number of fused-ring (bicyclic) bond motifs is 12. The zero-order chi connectivity index (χ0) is 72.0. The lowest BCUT2D eigenvalue weighted by Gasteiger charge is -2.33. The lowest BCUT2D eigenvalue weighted by atomic mass is 10.1. The molecule has 8 heterocycles. The van der Waals surface area contributed by atoms with Crippen molar-refractivity contribution in [2.24, 2.45) is 0 Å². The highest BCUT2D eigenvalue weighted by atomic mass is 32.2. The van der Waals surface area contributed by atoms with Crippen molar-refractivity contribution in [2.45, 2.75) is 9.79 Å². The van der Waals surface area contributed by atoms with Gasteiger partial charge in [-0.1, -0.05) is 145 Å². The van der Waals surface area contributed by atoms with Crippen LogP contribution in [0.1, 0.15) is 0 Å². The Morgan fingerprint density at radius 1 is 0.303 bits per heavy atom. The van der Waals surface area contributed by atoms with Crippen LogP contribution in [-0.2, 0) is 0 Å². The summed E-state index contributed by atoms with van der Waals surface area (Å²) in [6.45, 7) is 0. The third kappa shape index (κ3) is 11.4. The Kier molecular flexibility index (Phi) is 15.1. The quantitative estimate of drug-likeness (QED) is 0.113. The number of furan rings is 1. The average Bonchev–Trinajstić information content (AvgIpc) is 1.72. The van der Waals surface area contributed by atoms with E-state index in [9.17, 15) is 0 Å². The van der Waals surface area contributed by atoms with Crippen molar-refractivity contribution in [1.29, 1.82) is 0 Å². The summed E-state index contributed by atoms with van der Waals surface area (Å²) < 4.78 is 39.3. The van der Waals surface area contributed by atoms with E-state index in [1.54, 1.807) is 30.2 Å². The third-order valence-electron chi connectivity index (χ3n) is 19.6. The Bertz CT molecular complexity index is 6820. The first-order chi connectivity index (χ1) is 53.9. The van der Waals surface area contributed by atoms with Gasteiger partial charge in [-0.3, -0.25) is 0 Å². The van der Waals surface area contributed by atoms with E-state index in [0.717, 1.165) is 155 Å². The first-order valence-corrected chi connectivity index (χ1v) is 37.0. The van der Waals surface area contributed by atoms with Crippen LogP contribution in [0, 0.1) is 0 Å². The second-order valence-electron chi connectivity index (χ2n) is 26.3. The van der Waals surface area contributed by atoms with Gasteiger partial charge in [0.2, 0.25) is 23.6 Å². The molecule has 0 saturated carbocycles. The van der Waals surface area contributed by atoms with Gasteiger partial charge in [-0.2, -0.15) is 0 Å². The normalized spacial score (nSPS) is 12.0. The Labute approximate surface area is 629 Å². The lowest BCUT2D eigenvalue weighted by molar-refractivity contribution is 0.416. The van der Waals surface area contributed by atoms with Gasteiger partial charge in [-0.25, -0.2) is 34.9 Å². The molecule has 21 aromatic rings. The van der Waals surface area contributed by atoms with Gasteiger partial charge in [0.1, 0.15) is 39.0 Å². The molecule has 7 aromatic heterocycles. The lowest BCUT2D eigenvalue weighted by Crippen LogP contribution is -2.15. The molecule has 0 bridgehead atoms. The van der Waals surface area contributed by atoms with E-state index in [4.69, 9.17) is 56.7 Å². The predicted octanol–water partition coefficient (Wildman–Crippen LogP) is 25.5. The fourth-order valence-corrected chi connectivity index (χ4v) is 16.6. The summed E-state index contributed by atoms with van der Waals surface area (Å²) >= 11 is 3.51. The van der Waals surface area contributed by atoms with Crippen molar-refractivity contribution in [2.75, 3.05) is 16.9 Å². The van der Waals surface area contributed by atoms with Crippen molar-refractivity contribution in [3.05, 3.63) is 315 Å². The second-order valence-corrected chi connectivity index (χ2v) is 28.5. The van der Waals surface area contributed by atoms with Crippen molar-refractivity contribution >= 4 is 144 Å². The molecule has 15 nitrogen and oxygen atoms in total. The summed E-state index contributed by atoms with van der Waals surface area (Å²) in [7, 11) is 1.68. The van der Waals surface area contributed by atoms with Gasteiger partial charge in [0.25, 0.3) is 0 Å². The van der Waals surface area contributed by atoms with Crippen LogP contribution in [0.2, 0.25) is 0 Å². The largest absolute Gasteiger partial charge is 0.495 e. The minimum absolute atomic E-state index is 0.532. The molecule has 1 aliphatic heterocycles. The summed E-state index contributed by atoms with van der Waals surface area (Å²) in [5, 5.41) is 4.46. The Morgan fingerprint density at radius 3 is 1.30 bits per heavy atom. The summed E-state index contributed by atoms with van der Waals surface area (Å²) in [4.78, 5) is 40.7. The van der Waals surface area contributed by atoms with Gasteiger partial charge in [0, 0.05) is 97.1 Å². The van der Waals surface area contributed by atoms with E-state index in [0.29, 0.717) is 46.8 Å². The van der Waals surface area contributed by atoms with Crippen LogP contribution >= 0.6 is 23.1 Å². The number of ether oxygens (including phenoxy) is 1. The third-order valence-corrected chi connectivity index (χ3v) is 21.8. The number of hydrogen-bond donors (Lipinski definition) is 0. The number of hydrogen-bond acceptors (Lipinski definition) is 17. The van der Waals surface area contributed by atoms with Gasteiger partial charge in [-0.05, 0) is 176 Å². The van der Waals surface area contributed by atoms with Crippen molar-refractivity contribution in [1.82, 2.24) is 34.9 Å². The number of methoxy groups -OCH3 is 1. The molecule has 0 amide bonds. The van der Waals surface area contributed by atoms with Crippen molar-refractivity contribution in [3.63, 3.8) is 0 Å². The maximum absolute atomic E-state index is 6.30. The Hall–Kier alpha value is -14.3. The zero-order valence-electron chi connectivity index (χ0n) is 57.8. The van der Waals surface area contributed by atoms with Crippen LogP contribution in [0.25, 0.3) is 166 Å². The number of para-hydroxylation sites is 9. The highest BCUT2D eigenvalue weighted by Crippen LogP contribution is 2.55. The molecule has 109 heavy (non-hydrogen) atoms. The standard InChI is InChI=1S/C53H30N6O2S2.C39H25N3O4/c1-3-11-31(12-4-1)49-56-50(32-13-5-2-6-14-32)58-51(57-49)33-21-26-45-38(27-33)37-23-22-36(30-46(37)62-45)59-41-24-19-34(52-54-39-15-7-9-17-43(39)60-52)28-47(41)63-48-29-35(20-25-42(48)59)53-55-40-16-8-10-18-44(40)61-53;1-43-36-21-16-25(39-41-31-10-4-7-13-35(31)46-39)22-32(36)42(27-19-20-29-28-8-2-5-11-33(28)44-37(29)23-27)26-17-14-24(15-18-26)38-40-30-9-3-6-12-34(30)45-38/h1-30H;2-23H,1H3. The van der Waals surface area contributed by atoms with E-state index in [1.807, 2.05) is 206 Å². The molecule has 0 radical (unpaired) electrons. The molecule has 0 unspecified atom stereocenters. The molecule has 22 rings (SSSR count). The van der Waals surface area contributed by atoms with Gasteiger partial charge in [0.05, 0.1) is 29.9 Å². The smallest absolute Gasteiger partial charge is 0.227 e. The van der Waals surface area contributed by atoms with E-state index >= 15 is 0 Å². The molecular formula is C92H55N9O6S2. The first kappa shape index (κ1) is 63.2. The fraction of sp³-hybridized carbons (Fsp3) is 0.0109. The van der Waals surface area contributed by atoms with Crippen molar-refractivity contribution in [3.8, 4) is 85.7 Å². The van der Waals surface area contributed by atoms with Crippen LogP contribution in [0.3, 0.4) is 0 Å². The van der Waals surface area contributed by atoms with Gasteiger partial charge < -0.3 is 36.6 Å². The van der Waals surface area contributed by atoms with E-state index in [2.05, 4.69) is 124 Å². The Balaban J connectivity index is 0.000000146. The van der Waals surface area contributed by atoms with E-state index in [1.165, 1.54) is 14.8 Å². The zero-order valence-corrected chi connectivity index (χ0v) is 59.4. The molecule has 0 spiro atoms. The van der Waals surface area contributed by atoms with Crippen LogP contribution in [0.15, 0.2) is 347 Å². The molecule has 1 aliphatic rings. The summed E-state index contributed by atoms with van der Waals surface area (Å²) in [5.41, 5.74) is 20.1. The number of benzene rings is 14. The molecule has 0 aliphatic carbocycles. The average molecular weight is 1450 g/mol. The predicted molar refractivity (Wildman–Crippen MR) is 435 cm³/mol. The van der Waals surface area contributed by atoms with Gasteiger partial charge in [-0.15, -0.1) is 11.3 Å². The maximum Gasteiger partial charge on any atom is 0.227 e. The number of nitrogens with zero attached hydrogens (tertiary/aromatic N) is 9. The first-order valence-electron chi connectivity index (χ1n) is 35.4. The minimum Gasteiger partial charge on any atom is -0.495 e. The van der Waals surface area contributed by atoms with Crippen LogP contribution in [0.4, 0.5) is 34.1 Å². The number of rotatable bonds is 12. The maximum atomic E-state index is 6.30. The van der Waals surface area contributed by atoms with E-state index in [-0.39, 0.29) is 0 Å². The van der Waals surface area contributed by atoms with Gasteiger partial charge in [0.15, 0.2) is 39.8 Å². The minimum atomic E-state index is 0.532. The molecule has 0 atom stereocenters. The van der Waals surface area contributed by atoms with Crippen molar-refractivity contribution < 1.29 is 26.8 Å². The molecule has 0 saturated heterocycles. The SMILES string of the molecule is COc1ccc(-c2nc3ccccc3o2)cc1N(c1ccc(-c2nc3ccccc3o2)cc1)c1ccc2c(c1)oc1ccccc12.c1ccc(-c2nc(-c3ccccc3)nc(-c3ccc4sc5cc(N6c7ccc(-c8nc9ccccc9o8)cc7Sc7cc(-c8nc9ccccc9o8)ccc76)ccc5c4c3)n2)cc1. The number of aromatic nitrogens is 7. The highest BCUT2D eigenvalue weighted by Gasteiger charge is 2.29.